The van der Waals surface area contributed by atoms with E-state index in [0.29, 0.717) is 12.1 Å². The Hall–Kier alpha value is -0.670. The number of hydrogen-bond donors (Lipinski definition) is 1. The second-order valence-electron chi connectivity index (χ2n) is 5.31. The zero-order valence-corrected chi connectivity index (χ0v) is 13.6. The molecule has 0 radical (unpaired) electrons. The van der Waals surface area contributed by atoms with Gasteiger partial charge in [-0.3, -0.25) is 0 Å². The monoisotopic (exact) mass is 281 g/mol. The van der Waals surface area contributed by atoms with Crippen molar-refractivity contribution in [1.82, 2.24) is 5.32 Å². The van der Waals surface area contributed by atoms with Crippen LogP contribution in [-0.2, 0) is 0 Å². The molecule has 0 aliphatic rings. The second kappa shape index (κ2) is 8.49. The van der Waals surface area contributed by atoms with Crippen LogP contribution in [0.2, 0.25) is 0 Å². The van der Waals surface area contributed by atoms with Crippen LogP contribution in [0, 0.1) is 0 Å². The first-order valence-corrected chi connectivity index (χ1v) is 8.44. The number of benzene rings is 1. The average molecular weight is 281 g/mol. The van der Waals surface area contributed by atoms with Crippen LogP contribution in [-0.4, -0.2) is 24.2 Å². The van der Waals surface area contributed by atoms with E-state index in [1.165, 1.54) is 17.7 Å². The molecule has 0 aliphatic heterocycles. The Morgan fingerprint density at radius 1 is 1.11 bits per heavy atom. The molecule has 0 aliphatic carbocycles. The largest absolute Gasteiger partial charge is 0.491 e. The fraction of sp³-hybridized carbons (Fsp3) is 0.625. The van der Waals surface area contributed by atoms with Crippen molar-refractivity contribution >= 4 is 11.8 Å². The van der Waals surface area contributed by atoms with Crippen LogP contribution >= 0.6 is 11.8 Å². The first kappa shape index (κ1) is 16.4. The minimum absolute atomic E-state index is 0.230. The molecule has 0 fully saturated rings. The Morgan fingerprint density at radius 3 is 2.26 bits per heavy atom. The molecule has 2 nitrogen and oxygen atoms in total. The molecule has 19 heavy (non-hydrogen) atoms. The third kappa shape index (κ3) is 6.35. The highest BCUT2D eigenvalue weighted by molar-refractivity contribution is 7.98. The van der Waals surface area contributed by atoms with Gasteiger partial charge in [-0.15, -0.1) is 0 Å². The van der Waals surface area contributed by atoms with E-state index in [9.17, 15) is 0 Å². The van der Waals surface area contributed by atoms with Gasteiger partial charge in [-0.1, -0.05) is 12.1 Å². The van der Waals surface area contributed by atoms with Gasteiger partial charge in [-0.05, 0) is 63.8 Å². The van der Waals surface area contributed by atoms with Crippen LogP contribution < -0.4 is 10.1 Å². The molecular formula is C16H27NOS. The Kier molecular flexibility index (Phi) is 7.32. The van der Waals surface area contributed by atoms with Gasteiger partial charge in [0.2, 0.25) is 0 Å². The van der Waals surface area contributed by atoms with Crippen molar-refractivity contribution in [2.75, 3.05) is 12.0 Å². The van der Waals surface area contributed by atoms with Crippen LogP contribution in [0.1, 0.15) is 45.7 Å². The van der Waals surface area contributed by atoms with Crippen LogP contribution in [0.4, 0.5) is 0 Å². The third-order valence-corrected chi connectivity index (χ3v) is 3.69. The van der Waals surface area contributed by atoms with Gasteiger partial charge in [0.25, 0.3) is 0 Å². The van der Waals surface area contributed by atoms with Crippen LogP contribution in [0.5, 0.6) is 5.75 Å². The standard InChI is InChI=1S/C16H27NOS/c1-12(2)18-16-8-6-15(7-9-16)14(4)17-13(3)10-11-19-5/h6-9,12-14,17H,10-11H2,1-5H3. The molecule has 0 saturated carbocycles. The number of hydrogen-bond acceptors (Lipinski definition) is 3. The maximum absolute atomic E-state index is 5.66. The molecule has 2 atom stereocenters. The summed E-state index contributed by atoms with van der Waals surface area (Å²) in [5.74, 6) is 2.16. The maximum Gasteiger partial charge on any atom is 0.119 e. The van der Waals surface area contributed by atoms with Crippen LogP contribution in [0.15, 0.2) is 24.3 Å². The Labute approximate surface area is 122 Å². The molecule has 0 bridgehead atoms. The lowest BCUT2D eigenvalue weighted by Gasteiger charge is -2.20. The lowest BCUT2D eigenvalue weighted by molar-refractivity contribution is 0.242. The zero-order valence-electron chi connectivity index (χ0n) is 12.8. The second-order valence-corrected chi connectivity index (χ2v) is 6.29. The van der Waals surface area contributed by atoms with E-state index < -0.39 is 0 Å². The lowest BCUT2D eigenvalue weighted by atomic mass is 10.1. The topological polar surface area (TPSA) is 21.3 Å². The predicted octanol–water partition coefficient (Wildman–Crippen LogP) is 4.27. The summed E-state index contributed by atoms with van der Waals surface area (Å²) in [6.45, 7) is 8.56. The fourth-order valence-electron chi connectivity index (χ4n) is 2.01. The Balaban J connectivity index is 2.50. The van der Waals surface area contributed by atoms with E-state index in [0.717, 1.165) is 5.75 Å². The van der Waals surface area contributed by atoms with Gasteiger partial charge < -0.3 is 10.1 Å². The Bertz CT molecular complexity index is 350. The fourth-order valence-corrected chi connectivity index (χ4v) is 2.60. The highest BCUT2D eigenvalue weighted by atomic mass is 32.2. The first-order chi connectivity index (χ1) is 9.02. The lowest BCUT2D eigenvalue weighted by Crippen LogP contribution is -2.29. The highest BCUT2D eigenvalue weighted by Crippen LogP contribution is 2.19. The molecule has 2 unspecified atom stereocenters. The minimum atomic E-state index is 0.230. The van der Waals surface area contributed by atoms with Gasteiger partial charge >= 0.3 is 0 Å². The van der Waals surface area contributed by atoms with Crippen molar-refractivity contribution in [3.05, 3.63) is 29.8 Å². The molecule has 0 heterocycles. The van der Waals surface area contributed by atoms with Gasteiger partial charge in [-0.25, -0.2) is 0 Å². The molecule has 1 aromatic rings. The number of nitrogens with one attached hydrogen (secondary N) is 1. The number of thioether (sulfide) groups is 1. The normalized spacial score (nSPS) is 14.4. The van der Waals surface area contributed by atoms with Gasteiger partial charge in [0.05, 0.1) is 6.10 Å². The van der Waals surface area contributed by atoms with E-state index in [4.69, 9.17) is 4.74 Å². The van der Waals surface area contributed by atoms with Crippen LogP contribution in [0.25, 0.3) is 0 Å². The van der Waals surface area contributed by atoms with E-state index in [1.807, 2.05) is 25.6 Å². The molecule has 1 rings (SSSR count). The number of ether oxygens (including phenoxy) is 1. The molecule has 0 amide bonds. The molecule has 1 aromatic carbocycles. The van der Waals surface area contributed by atoms with Gasteiger partial charge in [0.1, 0.15) is 5.75 Å². The third-order valence-electron chi connectivity index (χ3n) is 3.04. The van der Waals surface area contributed by atoms with Crippen molar-refractivity contribution in [3.8, 4) is 5.75 Å². The van der Waals surface area contributed by atoms with Crippen molar-refractivity contribution in [2.24, 2.45) is 0 Å². The summed E-state index contributed by atoms with van der Waals surface area (Å²) in [6, 6.07) is 9.34. The van der Waals surface area contributed by atoms with Crippen molar-refractivity contribution < 1.29 is 4.74 Å². The van der Waals surface area contributed by atoms with E-state index >= 15 is 0 Å². The molecule has 1 N–H and O–H groups in total. The summed E-state index contributed by atoms with van der Waals surface area (Å²) in [4.78, 5) is 0. The summed E-state index contributed by atoms with van der Waals surface area (Å²) >= 11 is 1.90. The molecule has 0 spiro atoms. The van der Waals surface area contributed by atoms with Crippen LogP contribution in [0.3, 0.4) is 0 Å². The maximum atomic E-state index is 5.66. The summed E-state index contributed by atoms with van der Waals surface area (Å²) in [6.07, 6.45) is 3.59. The predicted molar refractivity (Wildman–Crippen MR) is 86.2 cm³/mol. The SMILES string of the molecule is CSCCC(C)NC(C)c1ccc(OC(C)C)cc1. The van der Waals surface area contributed by atoms with E-state index in [2.05, 4.69) is 49.7 Å². The van der Waals surface area contributed by atoms with Crippen molar-refractivity contribution in [3.63, 3.8) is 0 Å². The summed E-state index contributed by atoms with van der Waals surface area (Å²) in [5.41, 5.74) is 1.31. The van der Waals surface area contributed by atoms with Gasteiger partial charge in [0, 0.05) is 12.1 Å². The summed E-state index contributed by atoms with van der Waals surface area (Å²) in [7, 11) is 0. The summed E-state index contributed by atoms with van der Waals surface area (Å²) < 4.78 is 5.66. The molecular weight excluding hydrogens is 254 g/mol. The summed E-state index contributed by atoms with van der Waals surface area (Å²) in [5, 5.41) is 3.64. The zero-order chi connectivity index (χ0) is 14.3. The van der Waals surface area contributed by atoms with Crippen molar-refractivity contribution in [1.29, 1.82) is 0 Å². The molecule has 0 saturated heterocycles. The van der Waals surface area contributed by atoms with Gasteiger partial charge in [-0.2, -0.15) is 11.8 Å². The van der Waals surface area contributed by atoms with E-state index in [-0.39, 0.29) is 6.10 Å². The number of rotatable bonds is 8. The smallest absolute Gasteiger partial charge is 0.119 e. The van der Waals surface area contributed by atoms with E-state index in [1.54, 1.807) is 0 Å². The van der Waals surface area contributed by atoms with Gasteiger partial charge in [0.15, 0.2) is 0 Å². The molecule has 108 valence electrons. The average Bonchev–Trinajstić information content (AvgIpc) is 2.36. The highest BCUT2D eigenvalue weighted by Gasteiger charge is 2.09. The van der Waals surface area contributed by atoms with Crippen molar-refractivity contribution in [2.45, 2.75) is 52.3 Å². The molecule has 3 heteroatoms. The Morgan fingerprint density at radius 2 is 1.74 bits per heavy atom. The minimum Gasteiger partial charge on any atom is -0.491 e. The quantitative estimate of drug-likeness (QED) is 0.769. The molecule has 0 aromatic heterocycles. The first-order valence-electron chi connectivity index (χ1n) is 7.04.